The maximum atomic E-state index is 13.3. The van der Waals surface area contributed by atoms with Gasteiger partial charge in [0.25, 0.3) is 5.91 Å². The molecule has 2 heterocycles. The third-order valence-corrected chi connectivity index (χ3v) is 6.36. The molecule has 0 aliphatic carbocycles. The summed E-state index contributed by atoms with van der Waals surface area (Å²) >= 11 is 0. The largest absolute Gasteiger partial charge is 0.462 e. The molecule has 0 spiro atoms. The van der Waals surface area contributed by atoms with E-state index in [1.54, 1.807) is 95.2 Å². The fourth-order valence-corrected chi connectivity index (χ4v) is 3.55. The fourth-order valence-electron chi connectivity index (χ4n) is 3.55. The summed E-state index contributed by atoms with van der Waals surface area (Å²) in [5, 5.41) is 2.66. The van der Waals surface area contributed by atoms with E-state index < -0.39 is 88.7 Å². The lowest BCUT2D eigenvalue weighted by atomic mass is 9.92. The molecule has 1 aliphatic rings. The molecule has 0 aromatic carbocycles. The van der Waals surface area contributed by atoms with E-state index in [-0.39, 0.29) is 5.69 Å². The van der Waals surface area contributed by atoms with Gasteiger partial charge in [-0.15, -0.1) is 0 Å². The van der Waals surface area contributed by atoms with E-state index in [0.717, 1.165) is 0 Å². The first-order chi connectivity index (χ1) is 19.9. The third-order valence-electron chi connectivity index (χ3n) is 6.36. The molecule has 5 atom stereocenters. The highest BCUT2D eigenvalue weighted by Gasteiger charge is 2.55. The summed E-state index contributed by atoms with van der Waals surface area (Å²) < 4.78 is 29.5. The zero-order valence-electron chi connectivity index (χ0n) is 27.9. The molecule has 0 radical (unpaired) electrons. The lowest BCUT2D eigenvalue weighted by molar-refractivity contribution is -0.263. The van der Waals surface area contributed by atoms with Crippen LogP contribution in [0.1, 0.15) is 93.6 Å². The van der Waals surface area contributed by atoms with Gasteiger partial charge in [0.15, 0.2) is 24.5 Å². The maximum Gasteiger partial charge on any atom is 0.311 e. The van der Waals surface area contributed by atoms with Gasteiger partial charge in [-0.2, -0.15) is 0 Å². The highest BCUT2D eigenvalue weighted by molar-refractivity contribution is 5.92. The van der Waals surface area contributed by atoms with Gasteiger partial charge in [-0.3, -0.25) is 29.0 Å². The SMILES string of the molecule is CC(C)(C)C(=O)OC[C@@H]1O[C@H](NC(=O)c2ccccn2)[C@H](OC(=O)C(C)(C)C)[C@@H](OC(=O)C(C)(C)C)[C@@H]1OC(=O)C(C)(C)C. The van der Waals surface area contributed by atoms with E-state index >= 15 is 0 Å². The van der Waals surface area contributed by atoms with Crippen LogP contribution in [0, 0.1) is 21.7 Å². The second-order valence-electron chi connectivity index (χ2n) is 15.0. The number of carbonyl (C=O) groups is 5. The number of rotatable bonds is 7. The van der Waals surface area contributed by atoms with Gasteiger partial charge in [0, 0.05) is 6.20 Å². The molecular formula is C32H48N2O10. The van der Waals surface area contributed by atoms with E-state index in [1.807, 2.05) is 0 Å². The van der Waals surface area contributed by atoms with Crippen molar-refractivity contribution in [3.8, 4) is 0 Å². The Morgan fingerprint density at radius 1 is 0.682 bits per heavy atom. The smallest absolute Gasteiger partial charge is 0.311 e. The first kappa shape index (κ1) is 36.7. The average Bonchev–Trinajstić information content (AvgIpc) is 2.88. The van der Waals surface area contributed by atoms with Crippen LogP contribution in [0.25, 0.3) is 0 Å². The monoisotopic (exact) mass is 620 g/mol. The number of pyridine rings is 1. The zero-order chi connectivity index (χ0) is 33.8. The number of hydrogen-bond acceptors (Lipinski definition) is 11. The Bertz CT molecular complexity index is 1200. The highest BCUT2D eigenvalue weighted by atomic mass is 16.7. The number of nitrogens with zero attached hydrogens (tertiary/aromatic N) is 1. The molecule has 0 unspecified atom stereocenters. The Labute approximate surface area is 259 Å². The number of nitrogens with one attached hydrogen (secondary N) is 1. The fraction of sp³-hybridized carbons (Fsp3) is 0.688. The Morgan fingerprint density at radius 2 is 1.14 bits per heavy atom. The minimum Gasteiger partial charge on any atom is -0.462 e. The molecule has 1 aliphatic heterocycles. The molecule has 1 N–H and O–H groups in total. The van der Waals surface area contributed by atoms with Gasteiger partial charge in [0.05, 0.1) is 21.7 Å². The van der Waals surface area contributed by atoms with Gasteiger partial charge in [-0.1, -0.05) is 6.07 Å². The summed E-state index contributed by atoms with van der Waals surface area (Å²) in [5.74, 6) is -3.31. The Morgan fingerprint density at radius 3 is 1.57 bits per heavy atom. The number of aromatic nitrogens is 1. The van der Waals surface area contributed by atoms with Crippen molar-refractivity contribution >= 4 is 29.8 Å². The van der Waals surface area contributed by atoms with Crippen molar-refractivity contribution in [3.05, 3.63) is 30.1 Å². The van der Waals surface area contributed by atoms with Gasteiger partial charge in [0.2, 0.25) is 0 Å². The van der Waals surface area contributed by atoms with Crippen LogP contribution >= 0.6 is 0 Å². The van der Waals surface area contributed by atoms with Crippen LogP contribution in [0.5, 0.6) is 0 Å². The summed E-state index contributed by atoms with van der Waals surface area (Å²) in [7, 11) is 0. The van der Waals surface area contributed by atoms with Crippen LogP contribution in [0.2, 0.25) is 0 Å². The molecular weight excluding hydrogens is 572 g/mol. The van der Waals surface area contributed by atoms with Gasteiger partial charge in [-0.05, 0) is 95.2 Å². The predicted octanol–water partition coefficient (Wildman–Crippen LogP) is 4.00. The van der Waals surface area contributed by atoms with Crippen LogP contribution in [0.3, 0.4) is 0 Å². The summed E-state index contributed by atoms with van der Waals surface area (Å²) in [6.45, 7) is 19.2. The van der Waals surface area contributed by atoms with Crippen LogP contribution in [-0.2, 0) is 42.9 Å². The molecule has 2 rings (SSSR count). The van der Waals surface area contributed by atoms with Crippen LogP contribution in [-0.4, -0.2) is 72.0 Å². The Hall–Kier alpha value is -3.54. The molecule has 246 valence electrons. The van der Waals surface area contributed by atoms with Gasteiger partial charge < -0.3 is 29.0 Å². The van der Waals surface area contributed by atoms with Gasteiger partial charge >= 0.3 is 23.9 Å². The van der Waals surface area contributed by atoms with Crippen molar-refractivity contribution in [1.29, 1.82) is 0 Å². The zero-order valence-corrected chi connectivity index (χ0v) is 27.9. The molecule has 1 aromatic rings. The van der Waals surface area contributed by atoms with E-state index in [2.05, 4.69) is 10.3 Å². The molecule has 12 nitrogen and oxygen atoms in total. The molecule has 1 aromatic heterocycles. The van der Waals surface area contributed by atoms with E-state index in [4.69, 9.17) is 23.7 Å². The van der Waals surface area contributed by atoms with Crippen molar-refractivity contribution < 1.29 is 47.7 Å². The second-order valence-corrected chi connectivity index (χ2v) is 15.0. The van der Waals surface area contributed by atoms with Gasteiger partial charge in [-0.25, -0.2) is 0 Å². The number of ether oxygens (including phenoxy) is 5. The summed E-state index contributed by atoms with van der Waals surface area (Å²) in [6, 6.07) is 4.73. The van der Waals surface area contributed by atoms with E-state index in [9.17, 15) is 24.0 Å². The molecule has 1 fully saturated rings. The van der Waals surface area contributed by atoms with Crippen molar-refractivity contribution in [1.82, 2.24) is 10.3 Å². The van der Waals surface area contributed by atoms with Crippen LogP contribution in [0.4, 0.5) is 0 Å². The number of amides is 1. The first-order valence-corrected chi connectivity index (χ1v) is 14.6. The van der Waals surface area contributed by atoms with E-state index in [1.165, 1.54) is 12.3 Å². The maximum absolute atomic E-state index is 13.3. The van der Waals surface area contributed by atoms with Crippen molar-refractivity contribution in [3.63, 3.8) is 0 Å². The molecule has 1 saturated heterocycles. The van der Waals surface area contributed by atoms with Gasteiger partial charge in [0.1, 0.15) is 18.4 Å². The normalized spacial score (nSPS) is 22.8. The molecule has 12 heteroatoms. The number of hydrogen-bond donors (Lipinski definition) is 1. The summed E-state index contributed by atoms with van der Waals surface area (Å²) in [4.78, 5) is 69.8. The third kappa shape index (κ3) is 10.0. The summed E-state index contributed by atoms with van der Waals surface area (Å²) in [6.07, 6.45) is -5.60. The predicted molar refractivity (Wildman–Crippen MR) is 159 cm³/mol. The average molecular weight is 621 g/mol. The lowest BCUT2D eigenvalue weighted by Gasteiger charge is -2.46. The topological polar surface area (TPSA) is 156 Å². The highest BCUT2D eigenvalue weighted by Crippen LogP contribution is 2.33. The second kappa shape index (κ2) is 13.6. The number of esters is 4. The van der Waals surface area contributed by atoms with Crippen molar-refractivity contribution in [2.75, 3.05) is 6.61 Å². The molecule has 0 saturated carbocycles. The first-order valence-electron chi connectivity index (χ1n) is 14.6. The van der Waals surface area contributed by atoms with Crippen molar-refractivity contribution in [2.24, 2.45) is 21.7 Å². The quantitative estimate of drug-likeness (QED) is 0.347. The molecule has 1 amide bonds. The molecule has 0 bridgehead atoms. The standard InChI is InChI=1S/C32H48N2O10/c1-29(2,3)25(36)40-17-19-20(42-26(37)30(4,5)6)21(43-27(38)31(7,8)9)22(44-28(39)32(10,11)12)24(41-19)34-23(35)18-15-13-14-16-33-18/h13-16,19-22,24H,17H2,1-12H3,(H,34,35)/t19-,20+,21-,22+,24-/m0/s1. The Kier molecular flexibility index (Phi) is 11.3. The lowest BCUT2D eigenvalue weighted by Crippen LogP contribution is -2.67. The van der Waals surface area contributed by atoms with Crippen LogP contribution in [0.15, 0.2) is 24.4 Å². The van der Waals surface area contributed by atoms with E-state index in [0.29, 0.717) is 0 Å². The van der Waals surface area contributed by atoms with Crippen molar-refractivity contribution in [2.45, 2.75) is 114 Å². The Balaban J connectivity index is 2.70. The number of carbonyl (C=O) groups excluding carboxylic acids is 5. The minimum absolute atomic E-state index is 0.0391. The minimum atomic E-state index is -1.48. The summed E-state index contributed by atoms with van der Waals surface area (Å²) in [5.41, 5.74) is -3.85. The molecule has 44 heavy (non-hydrogen) atoms. The van der Waals surface area contributed by atoms with Crippen LogP contribution < -0.4 is 5.32 Å².